The number of nitrogens with zero attached hydrogens (tertiary/aromatic N) is 3. The van der Waals surface area contributed by atoms with E-state index in [-0.39, 0.29) is 17.8 Å². The number of hydrogen-bond acceptors (Lipinski definition) is 4. The summed E-state index contributed by atoms with van der Waals surface area (Å²) in [7, 11) is 1.42. The van der Waals surface area contributed by atoms with Gasteiger partial charge in [-0.1, -0.05) is 12.1 Å². The Kier molecular flexibility index (Phi) is 3.80. The van der Waals surface area contributed by atoms with E-state index in [0.717, 1.165) is 50.1 Å². The number of rotatable bonds is 2. The molecule has 4 rings (SSSR count). The molecule has 128 valence electrons. The zero-order valence-electron chi connectivity index (χ0n) is 13.8. The number of fused-ring (bicyclic) bond motifs is 1. The van der Waals surface area contributed by atoms with Gasteiger partial charge in [-0.2, -0.15) is 0 Å². The van der Waals surface area contributed by atoms with Gasteiger partial charge in [-0.05, 0) is 25.0 Å². The summed E-state index contributed by atoms with van der Waals surface area (Å²) in [5.41, 5.74) is 1.85. The van der Waals surface area contributed by atoms with E-state index in [1.165, 1.54) is 7.11 Å². The van der Waals surface area contributed by atoms with Crippen LogP contribution in [-0.2, 0) is 4.74 Å². The number of likely N-dealkylation sites (tertiary alicyclic amines) is 2. The van der Waals surface area contributed by atoms with E-state index in [1.807, 2.05) is 28.8 Å². The quantitative estimate of drug-likeness (QED) is 0.904. The van der Waals surface area contributed by atoms with Crippen molar-refractivity contribution in [3.05, 3.63) is 34.7 Å². The molecular formula is C17H22N4O3. The fourth-order valence-electron chi connectivity index (χ4n) is 3.93. The zero-order chi connectivity index (χ0) is 16.7. The second-order valence-corrected chi connectivity index (χ2v) is 6.61. The van der Waals surface area contributed by atoms with E-state index >= 15 is 0 Å². The molecule has 0 bridgehead atoms. The third kappa shape index (κ3) is 2.49. The number of aromatic amines is 1. The number of amides is 1. The maximum Gasteiger partial charge on any atom is 0.409 e. The lowest BCUT2D eigenvalue weighted by Crippen LogP contribution is -2.57. The van der Waals surface area contributed by atoms with Gasteiger partial charge in [0.25, 0.3) is 0 Å². The number of imidazole rings is 1. The lowest BCUT2D eigenvalue weighted by Gasteiger charge is -2.47. The standard InChI is InChI=1S/C17H22N4O3/c1-24-17(23)19-8-6-12(7-9-19)20-10-13(11-20)21-15-5-3-2-4-14(15)18-16(21)22/h2-5,12-13H,6-11H2,1H3,(H,18,22). The minimum atomic E-state index is -0.236. The topological polar surface area (TPSA) is 70.6 Å². The van der Waals surface area contributed by atoms with E-state index < -0.39 is 0 Å². The van der Waals surface area contributed by atoms with Crippen molar-refractivity contribution in [2.45, 2.75) is 24.9 Å². The van der Waals surface area contributed by atoms with Gasteiger partial charge in [0.05, 0.1) is 24.2 Å². The molecule has 1 aromatic carbocycles. The van der Waals surface area contributed by atoms with Gasteiger partial charge in [0.15, 0.2) is 0 Å². The summed E-state index contributed by atoms with van der Waals surface area (Å²) < 4.78 is 6.66. The Hall–Kier alpha value is -2.28. The first-order valence-electron chi connectivity index (χ1n) is 8.43. The van der Waals surface area contributed by atoms with E-state index in [9.17, 15) is 9.59 Å². The molecular weight excluding hydrogens is 308 g/mol. The average Bonchev–Trinajstić information content (AvgIpc) is 2.90. The maximum atomic E-state index is 12.2. The summed E-state index contributed by atoms with van der Waals surface area (Å²) in [5, 5.41) is 0. The Morgan fingerprint density at radius 1 is 1.17 bits per heavy atom. The van der Waals surface area contributed by atoms with Crippen LogP contribution in [0.3, 0.4) is 0 Å². The van der Waals surface area contributed by atoms with Gasteiger partial charge in [-0.25, -0.2) is 9.59 Å². The fourth-order valence-corrected chi connectivity index (χ4v) is 3.93. The van der Waals surface area contributed by atoms with Gasteiger partial charge in [-0.3, -0.25) is 9.47 Å². The summed E-state index contributed by atoms with van der Waals surface area (Å²) in [6.07, 6.45) is 1.69. The molecule has 0 radical (unpaired) electrons. The molecule has 1 N–H and O–H groups in total. The van der Waals surface area contributed by atoms with Crippen molar-refractivity contribution in [3.8, 4) is 0 Å². The van der Waals surface area contributed by atoms with Crippen LogP contribution in [0.25, 0.3) is 11.0 Å². The predicted octanol–water partition coefficient (Wildman–Crippen LogP) is 1.42. The molecule has 3 heterocycles. The van der Waals surface area contributed by atoms with E-state index in [2.05, 4.69) is 9.88 Å². The molecule has 2 saturated heterocycles. The molecule has 0 unspecified atom stereocenters. The largest absolute Gasteiger partial charge is 0.453 e. The Morgan fingerprint density at radius 2 is 1.88 bits per heavy atom. The molecule has 24 heavy (non-hydrogen) atoms. The molecule has 0 aliphatic carbocycles. The van der Waals surface area contributed by atoms with Crippen LogP contribution in [0.5, 0.6) is 0 Å². The molecule has 0 saturated carbocycles. The number of methoxy groups -OCH3 is 1. The fraction of sp³-hybridized carbons (Fsp3) is 0.529. The van der Waals surface area contributed by atoms with Crippen LogP contribution in [0.1, 0.15) is 18.9 Å². The number of carbonyl (C=O) groups is 1. The van der Waals surface area contributed by atoms with E-state index in [4.69, 9.17) is 4.74 Å². The number of hydrogen-bond donors (Lipinski definition) is 1. The average molecular weight is 330 g/mol. The lowest BCUT2D eigenvalue weighted by atomic mass is 9.97. The number of piperidine rings is 1. The van der Waals surface area contributed by atoms with E-state index in [1.54, 1.807) is 4.90 Å². The Labute approximate surface area is 139 Å². The third-order valence-electron chi connectivity index (χ3n) is 5.29. The Balaban J connectivity index is 1.39. The number of para-hydroxylation sites is 2. The van der Waals surface area contributed by atoms with Gasteiger partial charge < -0.3 is 14.6 Å². The van der Waals surface area contributed by atoms with Gasteiger partial charge in [0, 0.05) is 32.2 Å². The number of ether oxygens (including phenoxy) is 1. The van der Waals surface area contributed by atoms with Crippen LogP contribution in [0.4, 0.5) is 4.79 Å². The second kappa shape index (κ2) is 5.98. The zero-order valence-corrected chi connectivity index (χ0v) is 13.8. The van der Waals surface area contributed by atoms with Gasteiger partial charge in [0.1, 0.15) is 0 Å². The number of aromatic nitrogens is 2. The molecule has 2 aromatic rings. The first kappa shape index (κ1) is 15.3. The summed E-state index contributed by atoms with van der Waals surface area (Å²) in [6.45, 7) is 3.27. The Morgan fingerprint density at radius 3 is 2.58 bits per heavy atom. The highest BCUT2D eigenvalue weighted by Gasteiger charge is 2.37. The second-order valence-electron chi connectivity index (χ2n) is 6.61. The highest BCUT2D eigenvalue weighted by atomic mass is 16.5. The summed E-state index contributed by atoms with van der Waals surface area (Å²) in [6, 6.07) is 8.54. The third-order valence-corrected chi connectivity index (χ3v) is 5.29. The highest BCUT2D eigenvalue weighted by molar-refractivity contribution is 5.75. The summed E-state index contributed by atoms with van der Waals surface area (Å²) in [4.78, 5) is 30.9. The maximum absolute atomic E-state index is 12.2. The molecule has 7 heteroatoms. The normalized spacial score (nSPS) is 20.3. The van der Waals surface area contributed by atoms with Crippen LogP contribution in [0.15, 0.2) is 29.1 Å². The molecule has 7 nitrogen and oxygen atoms in total. The van der Waals surface area contributed by atoms with Gasteiger partial charge >= 0.3 is 11.8 Å². The van der Waals surface area contributed by atoms with Gasteiger partial charge in [-0.15, -0.1) is 0 Å². The van der Waals surface area contributed by atoms with Crippen molar-refractivity contribution in [3.63, 3.8) is 0 Å². The number of H-pyrrole nitrogens is 1. The smallest absolute Gasteiger partial charge is 0.409 e. The first-order chi connectivity index (χ1) is 11.7. The molecule has 2 aliphatic rings. The summed E-state index contributed by atoms with van der Waals surface area (Å²) in [5.74, 6) is 0. The SMILES string of the molecule is COC(=O)N1CCC(N2CC(n3c(=O)[nH]c4ccccc43)C2)CC1. The van der Waals surface area contributed by atoms with Gasteiger partial charge in [0.2, 0.25) is 0 Å². The van der Waals surface area contributed by atoms with Crippen molar-refractivity contribution < 1.29 is 9.53 Å². The monoisotopic (exact) mass is 330 g/mol. The van der Waals surface area contributed by atoms with Crippen LogP contribution in [0, 0.1) is 0 Å². The molecule has 2 aliphatic heterocycles. The van der Waals surface area contributed by atoms with Crippen molar-refractivity contribution >= 4 is 17.1 Å². The molecule has 1 aromatic heterocycles. The van der Waals surface area contributed by atoms with Crippen LogP contribution < -0.4 is 5.69 Å². The number of benzene rings is 1. The van der Waals surface area contributed by atoms with Crippen molar-refractivity contribution in [1.82, 2.24) is 19.4 Å². The number of nitrogens with one attached hydrogen (secondary N) is 1. The first-order valence-corrected chi connectivity index (χ1v) is 8.43. The summed E-state index contributed by atoms with van der Waals surface area (Å²) >= 11 is 0. The molecule has 1 amide bonds. The lowest BCUT2D eigenvalue weighted by molar-refractivity contribution is 0.0242. The van der Waals surface area contributed by atoms with Crippen molar-refractivity contribution in [2.75, 3.05) is 33.3 Å². The highest BCUT2D eigenvalue weighted by Crippen LogP contribution is 2.29. The van der Waals surface area contributed by atoms with Crippen LogP contribution >= 0.6 is 0 Å². The molecule has 2 fully saturated rings. The molecule has 0 atom stereocenters. The predicted molar refractivity (Wildman–Crippen MR) is 90.2 cm³/mol. The van der Waals surface area contributed by atoms with Crippen LogP contribution in [0.2, 0.25) is 0 Å². The minimum Gasteiger partial charge on any atom is -0.453 e. The molecule has 0 spiro atoms. The van der Waals surface area contributed by atoms with Crippen LogP contribution in [-0.4, -0.2) is 64.8 Å². The van der Waals surface area contributed by atoms with Crippen molar-refractivity contribution in [1.29, 1.82) is 0 Å². The van der Waals surface area contributed by atoms with Crippen molar-refractivity contribution in [2.24, 2.45) is 0 Å². The Bertz CT molecular complexity index is 798. The van der Waals surface area contributed by atoms with E-state index in [0.29, 0.717) is 6.04 Å². The number of carbonyl (C=O) groups excluding carboxylic acids is 1. The minimum absolute atomic E-state index is 0.0265.